The molecule has 0 aliphatic carbocycles. The number of nitrogens with two attached hydrogens (primary N) is 3. The fraction of sp³-hybridized carbons (Fsp3) is 0.600. The van der Waals surface area contributed by atoms with Crippen molar-refractivity contribution in [2.45, 2.75) is 19.6 Å². The van der Waals surface area contributed by atoms with E-state index < -0.39 is 54.6 Å². The number of carbonyl (C=O) groups excluding carboxylic acids is 3. The molecule has 0 saturated heterocycles. The van der Waals surface area contributed by atoms with Gasteiger partial charge in [-0.15, -0.1) is 0 Å². The molecule has 0 aromatic carbocycles. The summed E-state index contributed by atoms with van der Waals surface area (Å²) in [6.07, 6.45) is 0. The van der Waals surface area contributed by atoms with Crippen LogP contribution in [0.3, 0.4) is 0 Å². The van der Waals surface area contributed by atoms with Crippen LogP contribution >= 0.6 is 0 Å². The Morgan fingerprint density at radius 3 is 1.00 bits per heavy atom. The summed E-state index contributed by atoms with van der Waals surface area (Å²) < 4.78 is 16.2. The van der Waals surface area contributed by atoms with E-state index in [-0.39, 0.29) is 39.5 Å². The van der Waals surface area contributed by atoms with Crippen LogP contribution in [-0.2, 0) is 48.2 Å². The summed E-state index contributed by atoms with van der Waals surface area (Å²) in [6.45, 7) is -3.33. The molecular weight excluding hydrogens is 408 g/mol. The molecule has 0 atom stereocenters. The zero-order valence-corrected chi connectivity index (χ0v) is 16.1. The maximum absolute atomic E-state index is 12.6. The van der Waals surface area contributed by atoms with Gasteiger partial charge in [-0.1, -0.05) is 0 Å². The molecule has 30 heavy (non-hydrogen) atoms. The Morgan fingerprint density at radius 1 is 0.567 bits per heavy atom. The van der Waals surface area contributed by atoms with Gasteiger partial charge < -0.3 is 31.4 Å². The Morgan fingerprint density at radius 2 is 0.800 bits per heavy atom. The van der Waals surface area contributed by atoms with E-state index in [1.807, 2.05) is 0 Å². The quantitative estimate of drug-likeness (QED) is 0.208. The van der Waals surface area contributed by atoms with Crippen molar-refractivity contribution < 1.29 is 28.6 Å². The van der Waals surface area contributed by atoms with Gasteiger partial charge in [0.1, 0.15) is 19.8 Å². The summed E-state index contributed by atoms with van der Waals surface area (Å²) in [5.74, 6) is -2.25. The number of hydrogen-bond acceptors (Lipinski definition) is 12. The minimum atomic E-state index is -1.01. The molecule has 0 aliphatic rings. The third-order valence-electron chi connectivity index (χ3n) is 3.62. The van der Waals surface area contributed by atoms with E-state index in [0.29, 0.717) is 13.7 Å². The van der Waals surface area contributed by atoms with Crippen molar-refractivity contribution in [2.24, 2.45) is 17.2 Å². The van der Waals surface area contributed by atoms with Gasteiger partial charge in [-0.2, -0.15) is 0 Å². The first-order valence-corrected chi connectivity index (χ1v) is 8.78. The zero-order valence-electron chi connectivity index (χ0n) is 16.1. The molecule has 0 unspecified atom stereocenters. The van der Waals surface area contributed by atoms with Gasteiger partial charge in [0.15, 0.2) is 0 Å². The highest BCUT2D eigenvalue weighted by Crippen LogP contribution is 1.85. The molecule has 1 aromatic rings. The van der Waals surface area contributed by atoms with Crippen LogP contribution in [-0.4, -0.2) is 71.1 Å². The minimum absolute atomic E-state index is 0.353. The summed E-state index contributed by atoms with van der Waals surface area (Å²) in [6, 6.07) is 0. The second-order valence-corrected chi connectivity index (χ2v) is 5.58. The Labute approximate surface area is 168 Å². The molecule has 1 heterocycles. The van der Waals surface area contributed by atoms with Gasteiger partial charge in [-0.3, -0.25) is 14.4 Å². The van der Waals surface area contributed by atoms with Gasteiger partial charge >= 0.3 is 35.0 Å². The van der Waals surface area contributed by atoms with E-state index in [0.717, 1.165) is 0 Å². The summed E-state index contributed by atoms with van der Waals surface area (Å²) >= 11 is 0. The van der Waals surface area contributed by atoms with Gasteiger partial charge in [0.2, 0.25) is 0 Å². The van der Waals surface area contributed by atoms with E-state index in [1.165, 1.54) is 0 Å². The molecule has 0 fully saturated rings. The molecule has 6 N–H and O–H groups in total. The SMILES string of the molecule is NCC(=O)OCCn1c(=O)n(CCOC(=O)CN)c(=O)n(CCOC(=O)CN)c1=O. The average molecular weight is 432 g/mol. The van der Waals surface area contributed by atoms with Crippen LogP contribution in [0.2, 0.25) is 0 Å². The summed E-state index contributed by atoms with van der Waals surface area (Å²) in [5, 5.41) is 0. The first kappa shape index (κ1) is 24.7. The van der Waals surface area contributed by atoms with Crippen LogP contribution < -0.4 is 34.3 Å². The normalized spacial score (nSPS) is 10.5. The smallest absolute Gasteiger partial charge is 0.336 e. The molecule has 15 nitrogen and oxygen atoms in total. The number of aromatic nitrogens is 3. The Hall–Kier alpha value is -3.30. The highest BCUT2D eigenvalue weighted by atomic mass is 16.5. The number of hydrogen-bond donors (Lipinski definition) is 3. The van der Waals surface area contributed by atoms with Crippen LogP contribution in [0.1, 0.15) is 0 Å². The first-order chi connectivity index (χ1) is 14.3. The van der Waals surface area contributed by atoms with E-state index in [9.17, 15) is 28.8 Å². The van der Waals surface area contributed by atoms with Crippen molar-refractivity contribution >= 4 is 17.9 Å². The number of ether oxygens (including phenoxy) is 3. The third kappa shape index (κ3) is 6.94. The van der Waals surface area contributed by atoms with Crippen LogP contribution in [0.15, 0.2) is 14.4 Å². The van der Waals surface area contributed by atoms with Gasteiger partial charge in [0.05, 0.1) is 39.3 Å². The van der Waals surface area contributed by atoms with E-state index in [4.69, 9.17) is 31.4 Å². The van der Waals surface area contributed by atoms with Gasteiger partial charge in [0, 0.05) is 0 Å². The summed E-state index contributed by atoms with van der Waals surface area (Å²) in [4.78, 5) is 71.1. The average Bonchev–Trinajstić information content (AvgIpc) is 2.74. The molecule has 1 aromatic heterocycles. The topological polar surface area (TPSA) is 223 Å². The highest BCUT2D eigenvalue weighted by Gasteiger charge is 2.16. The minimum Gasteiger partial charge on any atom is -0.463 e. The Bertz CT molecular complexity index is 783. The van der Waals surface area contributed by atoms with Gasteiger partial charge in [0.25, 0.3) is 0 Å². The van der Waals surface area contributed by atoms with Crippen molar-refractivity contribution in [3.63, 3.8) is 0 Å². The maximum Gasteiger partial charge on any atom is 0.336 e. The number of carbonyl (C=O) groups is 3. The lowest BCUT2D eigenvalue weighted by molar-refractivity contribution is -0.143. The van der Waals surface area contributed by atoms with E-state index in [2.05, 4.69) is 0 Å². The lowest BCUT2D eigenvalue weighted by Crippen LogP contribution is -2.55. The van der Waals surface area contributed by atoms with Crippen molar-refractivity contribution in [1.82, 2.24) is 13.7 Å². The molecular formula is C15H24N6O9. The number of esters is 3. The molecule has 0 spiro atoms. The van der Waals surface area contributed by atoms with Crippen LogP contribution in [0.4, 0.5) is 0 Å². The van der Waals surface area contributed by atoms with Crippen molar-refractivity contribution in [1.29, 1.82) is 0 Å². The molecule has 168 valence electrons. The second-order valence-electron chi connectivity index (χ2n) is 5.58. The first-order valence-electron chi connectivity index (χ1n) is 8.78. The molecule has 1 rings (SSSR count). The lowest BCUT2D eigenvalue weighted by Gasteiger charge is -2.14. The number of nitrogens with zero attached hydrogens (tertiary/aromatic N) is 3. The van der Waals surface area contributed by atoms with Gasteiger partial charge in [-0.25, -0.2) is 28.1 Å². The predicted molar refractivity (Wildman–Crippen MR) is 99.3 cm³/mol. The largest absolute Gasteiger partial charge is 0.463 e. The molecule has 0 amide bonds. The predicted octanol–water partition coefficient (Wildman–Crippen LogP) is -5.32. The fourth-order valence-corrected chi connectivity index (χ4v) is 2.19. The lowest BCUT2D eigenvalue weighted by atomic mass is 10.5. The van der Waals surface area contributed by atoms with Gasteiger partial charge in [-0.05, 0) is 0 Å². The molecule has 0 bridgehead atoms. The number of rotatable bonds is 12. The Balaban J connectivity index is 3.20. The van der Waals surface area contributed by atoms with Crippen LogP contribution in [0, 0.1) is 0 Å². The van der Waals surface area contributed by atoms with E-state index in [1.54, 1.807) is 0 Å². The van der Waals surface area contributed by atoms with Crippen LogP contribution in [0.5, 0.6) is 0 Å². The van der Waals surface area contributed by atoms with Crippen molar-refractivity contribution in [2.75, 3.05) is 39.5 Å². The fourth-order valence-electron chi connectivity index (χ4n) is 2.19. The van der Waals surface area contributed by atoms with E-state index >= 15 is 0 Å². The van der Waals surface area contributed by atoms with Crippen molar-refractivity contribution in [3.8, 4) is 0 Å². The Kier molecular flexibility index (Phi) is 10.1. The van der Waals surface area contributed by atoms with Crippen molar-refractivity contribution in [3.05, 3.63) is 31.5 Å². The zero-order chi connectivity index (χ0) is 22.7. The highest BCUT2D eigenvalue weighted by molar-refractivity contribution is 5.71. The molecule has 0 saturated carbocycles. The monoisotopic (exact) mass is 432 g/mol. The summed E-state index contributed by atoms with van der Waals surface area (Å²) in [7, 11) is 0. The third-order valence-corrected chi connectivity index (χ3v) is 3.62. The molecule has 0 radical (unpaired) electrons. The molecule has 15 heteroatoms. The summed E-state index contributed by atoms with van der Waals surface area (Å²) in [5.41, 5.74) is 12.3. The van der Waals surface area contributed by atoms with Crippen LogP contribution in [0.25, 0.3) is 0 Å². The standard InChI is InChI=1S/C15H24N6O9/c16-7-10(22)28-4-1-19-13(25)20(2-5-29-11(23)8-17)15(27)21(14(19)26)3-6-30-12(24)9-18/h1-9,16-18H2. The second kappa shape index (κ2) is 12.3. The maximum atomic E-state index is 12.6. The molecule has 0 aliphatic heterocycles.